The standard InChI is InChI=1S/C19H21ClN2O2.C2H2O4/c20-17-4-1-15(2-5-17)12-21-7-9-22(10-8-21)13-16-3-6-18-19(11-16)24-14-23-18;3-1(4)2(5)6/h1-6,11H,7-10,12-14H2;(H,3,4)(H,5,6). The van der Waals surface area contributed by atoms with Gasteiger partial charge in [-0.25, -0.2) is 9.59 Å². The molecule has 2 heterocycles. The number of fused-ring (bicyclic) bond motifs is 1. The van der Waals surface area contributed by atoms with Gasteiger partial charge in [-0.1, -0.05) is 29.8 Å². The Morgan fingerprint density at radius 2 is 1.30 bits per heavy atom. The van der Waals surface area contributed by atoms with Gasteiger partial charge in [0.05, 0.1) is 0 Å². The van der Waals surface area contributed by atoms with Crippen LogP contribution in [0, 0.1) is 0 Å². The summed E-state index contributed by atoms with van der Waals surface area (Å²) in [6.07, 6.45) is 0. The van der Waals surface area contributed by atoms with Crippen LogP contribution >= 0.6 is 11.6 Å². The van der Waals surface area contributed by atoms with E-state index in [-0.39, 0.29) is 0 Å². The molecule has 4 rings (SSSR count). The van der Waals surface area contributed by atoms with Crippen molar-refractivity contribution in [2.45, 2.75) is 13.1 Å². The van der Waals surface area contributed by atoms with Crippen LogP contribution in [0.2, 0.25) is 5.02 Å². The van der Waals surface area contributed by atoms with Gasteiger partial charge in [0, 0.05) is 44.3 Å². The summed E-state index contributed by atoms with van der Waals surface area (Å²) in [6.45, 7) is 6.65. The highest BCUT2D eigenvalue weighted by Gasteiger charge is 2.19. The zero-order chi connectivity index (χ0) is 21.5. The summed E-state index contributed by atoms with van der Waals surface area (Å²) in [6, 6.07) is 14.4. The van der Waals surface area contributed by atoms with Crippen molar-refractivity contribution in [2.75, 3.05) is 33.0 Å². The molecule has 2 aliphatic rings. The van der Waals surface area contributed by atoms with Crippen molar-refractivity contribution in [3.8, 4) is 11.5 Å². The first kappa shape index (κ1) is 21.9. The van der Waals surface area contributed by atoms with Crippen LogP contribution in [0.5, 0.6) is 11.5 Å². The summed E-state index contributed by atoms with van der Waals surface area (Å²) in [5.74, 6) is -1.93. The second-order valence-electron chi connectivity index (χ2n) is 6.98. The summed E-state index contributed by atoms with van der Waals surface area (Å²) in [7, 11) is 0. The lowest BCUT2D eigenvalue weighted by molar-refractivity contribution is -0.159. The van der Waals surface area contributed by atoms with E-state index in [2.05, 4.69) is 34.1 Å². The number of nitrogens with zero attached hydrogens (tertiary/aromatic N) is 2. The summed E-state index contributed by atoms with van der Waals surface area (Å²) in [5, 5.41) is 15.6. The minimum atomic E-state index is -1.82. The summed E-state index contributed by atoms with van der Waals surface area (Å²) in [4.78, 5) is 23.2. The minimum absolute atomic E-state index is 0.335. The molecular weight excluding hydrogens is 412 g/mol. The van der Waals surface area contributed by atoms with Crippen molar-refractivity contribution in [2.24, 2.45) is 0 Å². The van der Waals surface area contributed by atoms with Crippen LogP contribution in [0.3, 0.4) is 0 Å². The number of carbonyl (C=O) groups is 2. The molecule has 2 aromatic rings. The number of benzene rings is 2. The van der Waals surface area contributed by atoms with Crippen LogP contribution in [-0.2, 0) is 22.7 Å². The van der Waals surface area contributed by atoms with Gasteiger partial charge in [0.2, 0.25) is 6.79 Å². The van der Waals surface area contributed by atoms with E-state index in [0.717, 1.165) is 55.8 Å². The lowest BCUT2D eigenvalue weighted by Gasteiger charge is -2.34. The van der Waals surface area contributed by atoms with Gasteiger partial charge in [0.15, 0.2) is 11.5 Å². The summed E-state index contributed by atoms with van der Waals surface area (Å²) < 4.78 is 10.8. The molecule has 0 spiro atoms. The average molecular weight is 435 g/mol. The van der Waals surface area contributed by atoms with Gasteiger partial charge < -0.3 is 19.7 Å². The van der Waals surface area contributed by atoms with E-state index in [4.69, 9.17) is 40.9 Å². The maximum absolute atomic E-state index is 9.10. The molecule has 30 heavy (non-hydrogen) atoms. The van der Waals surface area contributed by atoms with E-state index < -0.39 is 11.9 Å². The number of ether oxygens (including phenoxy) is 2. The fraction of sp³-hybridized carbons (Fsp3) is 0.333. The summed E-state index contributed by atoms with van der Waals surface area (Å²) in [5.41, 5.74) is 2.61. The molecule has 1 saturated heterocycles. The van der Waals surface area contributed by atoms with Gasteiger partial charge in [-0.15, -0.1) is 0 Å². The Morgan fingerprint density at radius 1 is 0.800 bits per heavy atom. The van der Waals surface area contributed by atoms with Crippen LogP contribution in [-0.4, -0.2) is 64.9 Å². The number of carboxylic acids is 2. The molecule has 0 saturated carbocycles. The Kier molecular flexibility index (Phi) is 7.51. The predicted octanol–water partition coefficient (Wildman–Crippen LogP) is 2.54. The highest BCUT2D eigenvalue weighted by Crippen LogP contribution is 2.32. The maximum atomic E-state index is 9.10. The summed E-state index contributed by atoms with van der Waals surface area (Å²) >= 11 is 5.95. The molecule has 2 aliphatic heterocycles. The number of hydrogen-bond donors (Lipinski definition) is 2. The van der Waals surface area contributed by atoms with Crippen LogP contribution < -0.4 is 9.47 Å². The Bertz CT molecular complexity index is 870. The highest BCUT2D eigenvalue weighted by atomic mass is 35.5. The molecule has 2 aromatic carbocycles. The molecule has 0 bridgehead atoms. The molecule has 0 atom stereocenters. The molecule has 1 fully saturated rings. The van der Waals surface area contributed by atoms with E-state index in [0.29, 0.717) is 6.79 Å². The van der Waals surface area contributed by atoms with Crippen molar-refractivity contribution in [3.63, 3.8) is 0 Å². The molecule has 0 aliphatic carbocycles. The van der Waals surface area contributed by atoms with Crippen LogP contribution in [0.15, 0.2) is 42.5 Å². The van der Waals surface area contributed by atoms with Gasteiger partial charge in [-0.3, -0.25) is 9.80 Å². The van der Waals surface area contributed by atoms with Crippen LogP contribution in [0.25, 0.3) is 0 Å². The lowest BCUT2D eigenvalue weighted by atomic mass is 10.1. The second-order valence-corrected chi connectivity index (χ2v) is 7.41. The van der Waals surface area contributed by atoms with Gasteiger partial charge in [-0.2, -0.15) is 0 Å². The monoisotopic (exact) mass is 434 g/mol. The van der Waals surface area contributed by atoms with Crippen LogP contribution in [0.1, 0.15) is 11.1 Å². The normalized spacial score (nSPS) is 15.9. The van der Waals surface area contributed by atoms with Gasteiger partial charge >= 0.3 is 11.9 Å². The van der Waals surface area contributed by atoms with Gasteiger partial charge in [0.25, 0.3) is 0 Å². The number of carboxylic acid groups (broad SMARTS) is 2. The third-order valence-electron chi connectivity index (χ3n) is 4.81. The number of piperazine rings is 1. The molecule has 0 unspecified atom stereocenters. The average Bonchev–Trinajstić information content (AvgIpc) is 3.19. The van der Waals surface area contributed by atoms with E-state index >= 15 is 0 Å². The first-order chi connectivity index (χ1) is 14.4. The van der Waals surface area contributed by atoms with Gasteiger partial charge in [-0.05, 0) is 35.4 Å². The largest absolute Gasteiger partial charge is 0.473 e. The first-order valence-corrected chi connectivity index (χ1v) is 9.82. The first-order valence-electron chi connectivity index (χ1n) is 9.44. The molecule has 160 valence electrons. The fourth-order valence-electron chi connectivity index (χ4n) is 3.25. The molecular formula is C21H23ClN2O6. The number of hydrogen-bond acceptors (Lipinski definition) is 6. The SMILES string of the molecule is Clc1ccc(CN2CCN(Cc3ccc4c(c3)OCO4)CC2)cc1.O=C(O)C(=O)O. The van der Waals surface area contributed by atoms with E-state index in [1.807, 2.05) is 18.2 Å². The zero-order valence-corrected chi connectivity index (χ0v) is 17.0. The van der Waals surface area contributed by atoms with Crippen molar-refractivity contribution < 1.29 is 29.3 Å². The highest BCUT2D eigenvalue weighted by molar-refractivity contribution is 6.30. The fourth-order valence-corrected chi connectivity index (χ4v) is 3.38. The third kappa shape index (κ3) is 6.35. The topological polar surface area (TPSA) is 99.5 Å². The maximum Gasteiger partial charge on any atom is 0.414 e. The van der Waals surface area contributed by atoms with E-state index in [9.17, 15) is 0 Å². The number of halogens is 1. The zero-order valence-electron chi connectivity index (χ0n) is 16.3. The molecule has 0 amide bonds. The quantitative estimate of drug-likeness (QED) is 0.708. The Labute approximate surface area is 179 Å². The molecule has 2 N–H and O–H groups in total. The predicted molar refractivity (Wildman–Crippen MR) is 110 cm³/mol. The van der Waals surface area contributed by atoms with Crippen molar-refractivity contribution in [3.05, 3.63) is 58.6 Å². The second kappa shape index (κ2) is 10.3. The van der Waals surface area contributed by atoms with E-state index in [1.54, 1.807) is 0 Å². The van der Waals surface area contributed by atoms with Crippen LogP contribution in [0.4, 0.5) is 0 Å². The minimum Gasteiger partial charge on any atom is -0.473 e. The molecule has 8 nitrogen and oxygen atoms in total. The number of aliphatic carboxylic acids is 2. The van der Waals surface area contributed by atoms with Crippen molar-refractivity contribution >= 4 is 23.5 Å². The number of rotatable bonds is 4. The smallest absolute Gasteiger partial charge is 0.414 e. The Morgan fingerprint density at radius 3 is 1.87 bits per heavy atom. The lowest BCUT2D eigenvalue weighted by Crippen LogP contribution is -2.45. The van der Waals surface area contributed by atoms with Crippen molar-refractivity contribution in [1.29, 1.82) is 0 Å². The Hall–Kier alpha value is -2.81. The molecule has 9 heteroatoms. The third-order valence-corrected chi connectivity index (χ3v) is 5.06. The Balaban J connectivity index is 0.000000377. The van der Waals surface area contributed by atoms with Crippen molar-refractivity contribution in [1.82, 2.24) is 9.80 Å². The molecule has 0 radical (unpaired) electrons. The van der Waals surface area contributed by atoms with Gasteiger partial charge in [0.1, 0.15) is 0 Å². The molecule has 0 aromatic heterocycles. The van der Waals surface area contributed by atoms with E-state index in [1.165, 1.54) is 11.1 Å².